The molecule has 1 aliphatic heterocycles. The third-order valence-corrected chi connectivity index (χ3v) is 4.89. The van der Waals surface area contributed by atoms with Crippen molar-refractivity contribution in [3.8, 4) is 0 Å². The summed E-state index contributed by atoms with van der Waals surface area (Å²) >= 11 is 7.64. The molecule has 0 N–H and O–H groups in total. The number of carbonyl (C=O) groups is 1. The van der Waals surface area contributed by atoms with Crippen molar-refractivity contribution in [3.63, 3.8) is 0 Å². The molecule has 4 nitrogen and oxygen atoms in total. The Kier molecular flexibility index (Phi) is 5.91. The maximum Gasteiger partial charge on any atom is 0.266 e. The average molecular weight is 384 g/mol. The Morgan fingerprint density at radius 2 is 2.00 bits per heavy atom. The lowest BCUT2D eigenvalue weighted by Crippen LogP contribution is -2.28. The number of carbonyl (C=O) groups excluding carboxylic acids is 1. The molecular formula is C20H18ClN3OS. The fourth-order valence-corrected chi connectivity index (χ4v) is 3.78. The molecule has 2 aromatic rings. The van der Waals surface area contributed by atoms with Gasteiger partial charge in [0.05, 0.1) is 4.91 Å². The van der Waals surface area contributed by atoms with Gasteiger partial charge in [0.2, 0.25) is 0 Å². The number of amidine groups is 1. The van der Waals surface area contributed by atoms with E-state index in [1.165, 1.54) is 11.8 Å². The van der Waals surface area contributed by atoms with Gasteiger partial charge in [-0.2, -0.15) is 0 Å². The first kappa shape index (κ1) is 18.4. The fraction of sp³-hybridized carbons (Fsp3) is 0.150. The number of aryl methyl sites for hydroxylation is 1. The lowest BCUT2D eigenvalue weighted by molar-refractivity contribution is -0.122. The summed E-state index contributed by atoms with van der Waals surface area (Å²) in [4.78, 5) is 23.7. The molecule has 0 aliphatic carbocycles. The molecule has 3 rings (SSSR count). The summed E-state index contributed by atoms with van der Waals surface area (Å²) in [5, 5.41) is 1.11. The van der Waals surface area contributed by atoms with Crippen molar-refractivity contribution in [2.45, 2.75) is 13.8 Å². The number of benzene rings is 1. The highest BCUT2D eigenvalue weighted by Crippen LogP contribution is 2.33. The molecule has 1 fully saturated rings. The van der Waals surface area contributed by atoms with E-state index in [1.54, 1.807) is 11.0 Å². The number of nitrogens with zero attached hydrogens (tertiary/aromatic N) is 3. The third kappa shape index (κ3) is 4.42. The molecule has 1 amide bonds. The zero-order chi connectivity index (χ0) is 18.5. The second kappa shape index (κ2) is 8.34. The normalized spacial score (nSPS) is 18.2. The van der Waals surface area contributed by atoms with Crippen molar-refractivity contribution in [1.29, 1.82) is 0 Å². The second-order valence-corrected chi connectivity index (χ2v) is 7.08. The van der Waals surface area contributed by atoms with Crippen molar-refractivity contribution in [1.82, 2.24) is 9.88 Å². The van der Waals surface area contributed by atoms with E-state index in [0.29, 0.717) is 27.5 Å². The van der Waals surface area contributed by atoms with E-state index in [2.05, 4.69) is 9.98 Å². The number of amides is 1. The summed E-state index contributed by atoms with van der Waals surface area (Å²) in [6, 6.07) is 15.4. The fourth-order valence-electron chi connectivity index (χ4n) is 2.43. The average Bonchev–Trinajstić information content (AvgIpc) is 2.90. The minimum atomic E-state index is -0.0940. The molecule has 6 heteroatoms. The molecule has 0 saturated carbocycles. The van der Waals surface area contributed by atoms with Gasteiger partial charge in [-0.3, -0.25) is 9.69 Å². The topological polar surface area (TPSA) is 45.6 Å². The van der Waals surface area contributed by atoms with Crippen molar-refractivity contribution in [2.75, 3.05) is 6.54 Å². The Balaban J connectivity index is 1.88. The highest BCUT2D eigenvalue weighted by Gasteiger charge is 2.32. The maximum atomic E-state index is 12.6. The molecule has 132 valence electrons. The van der Waals surface area contributed by atoms with Crippen LogP contribution in [0.4, 0.5) is 5.82 Å². The molecule has 26 heavy (non-hydrogen) atoms. The number of allylic oxidation sites excluding steroid dienone is 2. The van der Waals surface area contributed by atoms with Crippen LogP contribution >= 0.6 is 23.4 Å². The number of aliphatic imine (C=N–C) groups is 1. The van der Waals surface area contributed by atoms with Gasteiger partial charge in [-0.1, -0.05) is 48.0 Å². The van der Waals surface area contributed by atoms with Gasteiger partial charge in [-0.25, -0.2) is 9.98 Å². The Labute approximate surface area is 162 Å². The van der Waals surface area contributed by atoms with Crippen LogP contribution in [-0.2, 0) is 4.79 Å². The first-order valence-electron chi connectivity index (χ1n) is 8.23. The third-order valence-electron chi connectivity index (χ3n) is 3.66. The summed E-state index contributed by atoms with van der Waals surface area (Å²) in [5.74, 6) is 0.495. The van der Waals surface area contributed by atoms with Gasteiger partial charge in [0, 0.05) is 17.3 Å². The van der Waals surface area contributed by atoms with E-state index >= 15 is 0 Å². The highest BCUT2D eigenvalue weighted by molar-refractivity contribution is 8.18. The molecule has 1 aliphatic rings. The van der Waals surface area contributed by atoms with Crippen LogP contribution in [0.3, 0.4) is 0 Å². The van der Waals surface area contributed by atoms with Crippen LogP contribution in [0.2, 0.25) is 0 Å². The monoisotopic (exact) mass is 383 g/mol. The number of aromatic nitrogens is 1. The molecule has 1 aromatic carbocycles. The van der Waals surface area contributed by atoms with Gasteiger partial charge in [0.15, 0.2) is 11.0 Å². The number of likely N-dealkylation sites (N-methyl/N-ethyl adjacent to an activating group) is 1. The summed E-state index contributed by atoms with van der Waals surface area (Å²) in [5.41, 5.74) is 1.86. The zero-order valence-corrected chi connectivity index (χ0v) is 16.1. The van der Waals surface area contributed by atoms with Gasteiger partial charge in [0.1, 0.15) is 0 Å². The largest absolute Gasteiger partial charge is 0.287 e. The van der Waals surface area contributed by atoms with E-state index in [-0.39, 0.29) is 5.91 Å². The molecule has 0 bridgehead atoms. The van der Waals surface area contributed by atoms with Crippen LogP contribution in [0.15, 0.2) is 69.5 Å². The van der Waals surface area contributed by atoms with Crippen molar-refractivity contribution >= 4 is 46.3 Å². The molecule has 1 aromatic heterocycles. The van der Waals surface area contributed by atoms with E-state index in [9.17, 15) is 4.79 Å². The van der Waals surface area contributed by atoms with Gasteiger partial charge in [-0.05, 0) is 55.5 Å². The summed E-state index contributed by atoms with van der Waals surface area (Å²) in [6.45, 7) is 4.36. The SMILES string of the molecule is CCN1C(=O)/C(=C/C(Cl)=C/c2ccccc2)S/C1=N/c1cccc(C)n1. The predicted octanol–water partition coefficient (Wildman–Crippen LogP) is 5.14. The minimum absolute atomic E-state index is 0.0940. The van der Waals surface area contributed by atoms with Crippen LogP contribution in [0, 0.1) is 6.92 Å². The summed E-state index contributed by atoms with van der Waals surface area (Å²) < 4.78 is 0. The van der Waals surface area contributed by atoms with Gasteiger partial charge in [-0.15, -0.1) is 0 Å². The first-order chi connectivity index (χ1) is 12.6. The quantitative estimate of drug-likeness (QED) is 0.687. The second-order valence-electron chi connectivity index (χ2n) is 5.63. The Morgan fingerprint density at radius 3 is 2.69 bits per heavy atom. The minimum Gasteiger partial charge on any atom is -0.287 e. The van der Waals surface area contributed by atoms with Crippen molar-refractivity contribution in [2.24, 2.45) is 4.99 Å². The van der Waals surface area contributed by atoms with E-state index in [4.69, 9.17) is 11.6 Å². The van der Waals surface area contributed by atoms with E-state index < -0.39 is 0 Å². The number of hydrogen-bond donors (Lipinski definition) is 0. The number of rotatable bonds is 4. The molecule has 0 unspecified atom stereocenters. The standard InChI is InChI=1S/C20H18ClN3OS/c1-3-24-19(25)17(13-16(21)12-15-9-5-4-6-10-15)26-20(24)23-18-11-7-8-14(2)22-18/h4-13H,3H2,1-2H3/b16-12-,17-13-,23-20+. The molecule has 0 spiro atoms. The van der Waals surface area contributed by atoms with Crippen LogP contribution in [0.1, 0.15) is 18.2 Å². The number of halogens is 1. The van der Waals surface area contributed by atoms with Crippen LogP contribution in [-0.4, -0.2) is 27.5 Å². The van der Waals surface area contributed by atoms with Crippen molar-refractivity contribution < 1.29 is 4.79 Å². The maximum absolute atomic E-state index is 12.6. The lowest BCUT2D eigenvalue weighted by Gasteiger charge is -2.11. The number of thioether (sulfide) groups is 1. The molecule has 0 atom stereocenters. The van der Waals surface area contributed by atoms with E-state index in [0.717, 1.165) is 11.3 Å². The van der Waals surface area contributed by atoms with Crippen LogP contribution in [0.5, 0.6) is 0 Å². The van der Waals surface area contributed by atoms with Crippen LogP contribution in [0.25, 0.3) is 6.08 Å². The lowest BCUT2D eigenvalue weighted by atomic mass is 10.2. The summed E-state index contributed by atoms with van der Waals surface area (Å²) in [7, 11) is 0. The van der Waals surface area contributed by atoms with Crippen molar-refractivity contribution in [3.05, 3.63) is 75.8 Å². The molecule has 2 heterocycles. The number of hydrogen-bond acceptors (Lipinski definition) is 4. The Hall–Kier alpha value is -2.37. The Morgan fingerprint density at radius 1 is 1.23 bits per heavy atom. The number of pyridine rings is 1. The van der Waals surface area contributed by atoms with Gasteiger partial charge in [0.25, 0.3) is 5.91 Å². The van der Waals surface area contributed by atoms with Crippen LogP contribution < -0.4 is 0 Å². The zero-order valence-electron chi connectivity index (χ0n) is 14.5. The molecular weight excluding hydrogens is 366 g/mol. The molecule has 0 radical (unpaired) electrons. The van der Waals surface area contributed by atoms with Gasteiger partial charge >= 0.3 is 0 Å². The first-order valence-corrected chi connectivity index (χ1v) is 9.42. The summed E-state index contributed by atoms with van der Waals surface area (Å²) in [6.07, 6.45) is 3.52. The smallest absolute Gasteiger partial charge is 0.266 e. The van der Waals surface area contributed by atoms with E-state index in [1.807, 2.05) is 68.5 Å². The molecule has 1 saturated heterocycles. The Bertz CT molecular complexity index is 906. The highest BCUT2D eigenvalue weighted by atomic mass is 35.5. The van der Waals surface area contributed by atoms with Gasteiger partial charge < -0.3 is 0 Å². The predicted molar refractivity (Wildman–Crippen MR) is 109 cm³/mol.